The van der Waals surface area contributed by atoms with Crippen LogP contribution in [0.15, 0.2) is 47.6 Å². The zero-order chi connectivity index (χ0) is 16.9. The minimum Gasteiger partial charge on any atom is -0.378 e. The highest BCUT2D eigenvalue weighted by molar-refractivity contribution is 7.94. The third-order valence-corrected chi connectivity index (χ3v) is 5.59. The van der Waals surface area contributed by atoms with E-state index >= 15 is 0 Å². The molecule has 1 aliphatic rings. The maximum absolute atomic E-state index is 12.3. The van der Waals surface area contributed by atoms with E-state index in [-0.39, 0.29) is 6.54 Å². The van der Waals surface area contributed by atoms with E-state index in [9.17, 15) is 8.42 Å². The van der Waals surface area contributed by atoms with Crippen LogP contribution in [0.1, 0.15) is 11.3 Å². The first-order chi connectivity index (χ1) is 11.4. The number of anilines is 1. The Morgan fingerprint density at radius 3 is 2.79 bits per heavy atom. The lowest BCUT2D eigenvalue weighted by Gasteiger charge is -2.21. The Bertz CT molecular complexity index is 1090. The summed E-state index contributed by atoms with van der Waals surface area (Å²) in [5, 5.41) is 4.79. The van der Waals surface area contributed by atoms with E-state index in [1.807, 2.05) is 18.2 Å². The number of H-pyrrole nitrogens is 1. The molecule has 0 unspecified atom stereocenters. The number of hydrogen-bond donors (Lipinski definition) is 2. The van der Waals surface area contributed by atoms with Crippen LogP contribution in [0.4, 0.5) is 5.69 Å². The van der Waals surface area contributed by atoms with Crippen molar-refractivity contribution in [2.75, 3.05) is 18.1 Å². The normalized spacial score (nSPS) is 14.6. The Morgan fingerprint density at radius 1 is 1.25 bits per heavy atom. The van der Waals surface area contributed by atoms with Crippen molar-refractivity contribution in [2.45, 2.75) is 0 Å². The number of pyridine rings is 1. The lowest BCUT2D eigenvalue weighted by Crippen LogP contribution is -2.20. The highest BCUT2D eigenvalue weighted by Crippen LogP contribution is 2.41. The molecule has 0 saturated carbocycles. The summed E-state index contributed by atoms with van der Waals surface area (Å²) in [6, 6.07) is 9.21. The summed E-state index contributed by atoms with van der Waals surface area (Å²) >= 11 is 6.11. The van der Waals surface area contributed by atoms with Gasteiger partial charge in [-0.3, -0.25) is 4.98 Å². The second-order valence-electron chi connectivity index (χ2n) is 5.73. The first-order valence-electron chi connectivity index (χ1n) is 7.34. The summed E-state index contributed by atoms with van der Waals surface area (Å²) < 4.78 is 24.6. The van der Waals surface area contributed by atoms with Gasteiger partial charge in [-0.25, -0.2) is 8.42 Å². The van der Waals surface area contributed by atoms with Crippen LogP contribution in [0.2, 0.25) is 5.02 Å². The summed E-state index contributed by atoms with van der Waals surface area (Å²) in [6.45, 7) is 0.232. The fourth-order valence-corrected chi connectivity index (χ4v) is 4.16. The molecule has 1 aliphatic heterocycles. The Hall–Kier alpha value is -2.31. The number of nitrogens with one attached hydrogen (secondary N) is 2. The van der Waals surface area contributed by atoms with E-state index in [1.165, 1.54) is 6.26 Å². The molecule has 0 aliphatic carbocycles. The molecule has 0 radical (unpaired) electrons. The molecule has 1 aromatic carbocycles. The fraction of sp³-hybridized carbons (Fsp3) is 0.118. The van der Waals surface area contributed by atoms with Crippen molar-refractivity contribution in [1.82, 2.24) is 9.97 Å². The zero-order valence-corrected chi connectivity index (χ0v) is 14.4. The number of nitrogens with zero attached hydrogens (tertiary/aromatic N) is 1. The first kappa shape index (κ1) is 15.2. The number of aromatic nitrogens is 2. The van der Waals surface area contributed by atoms with Crippen molar-refractivity contribution >= 4 is 43.6 Å². The number of aromatic amines is 1. The molecular formula is C17H14ClN3O2S. The van der Waals surface area contributed by atoms with E-state index < -0.39 is 9.84 Å². The topological polar surface area (TPSA) is 74.8 Å². The van der Waals surface area contributed by atoms with Crippen molar-refractivity contribution in [2.24, 2.45) is 0 Å². The molecule has 0 amide bonds. The number of halogens is 1. The third kappa shape index (κ3) is 2.39. The van der Waals surface area contributed by atoms with Crippen LogP contribution in [0.5, 0.6) is 0 Å². The quantitative estimate of drug-likeness (QED) is 0.735. The van der Waals surface area contributed by atoms with Gasteiger partial charge in [-0.15, -0.1) is 0 Å². The van der Waals surface area contributed by atoms with Crippen molar-refractivity contribution in [3.05, 3.63) is 63.9 Å². The summed E-state index contributed by atoms with van der Waals surface area (Å²) in [4.78, 5) is 7.80. The molecular weight excluding hydrogens is 346 g/mol. The zero-order valence-electron chi connectivity index (χ0n) is 12.8. The third-order valence-electron chi connectivity index (χ3n) is 4.11. The molecule has 7 heteroatoms. The highest BCUT2D eigenvalue weighted by atomic mass is 35.5. The Morgan fingerprint density at radius 2 is 2.08 bits per heavy atom. The molecule has 0 spiro atoms. The molecule has 2 aromatic heterocycles. The second kappa shape index (κ2) is 5.36. The fourth-order valence-electron chi connectivity index (χ4n) is 3.06. The van der Waals surface area contributed by atoms with Gasteiger partial charge in [0.2, 0.25) is 0 Å². The second-order valence-corrected chi connectivity index (χ2v) is 8.20. The van der Waals surface area contributed by atoms with Gasteiger partial charge in [0, 0.05) is 45.7 Å². The van der Waals surface area contributed by atoms with Gasteiger partial charge >= 0.3 is 0 Å². The van der Waals surface area contributed by atoms with Crippen LogP contribution in [0.25, 0.3) is 16.5 Å². The minimum absolute atomic E-state index is 0.232. The maximum atomic E-state index is 12.3. The van der Waals surface area contributed by atoms with Crippen LogP contribution >= 0.6 is 11.6 Å². The standard InChI is InChI=1S/C17H14ClN3O2S/c1-24(22,23)14-9-20-16-12-7-11(18)4-5-13(12)21-17(16)15(14)10-3-2-6-19-8-10/h2-8,20-21H,9H2,1H3. The summed E-state index contributed by atoms with van der Waals surface area (Å²) in [6.07, 6.45) is 4.57. The summed E-state index contributed by atoms with van der Waals surface area (Å²) in [5.74, 6) is 0. The van der Waals surface area contributed by atoms with Gasteiger partial charge in [-0.2, -0.15) is 0 Å². The molecule has 122 valence electrons. The van der Waals surface area contributed by atoms with Crippen LogP contribution in [-0.4, -0.2) is 31.2 Å². The van der Waals surface area contributed by atoms with Crippen LogP contribution < -0.4 is 5.32 Å². The van der Waals surface area contributed by atoms with Gasteiger partial charge in [-0.1, -0.05) is 17.7 Å². The van der Waals surface area contributed by atoms with Gasteiger partial charge in [-0.05, 0) is 24.3 Å². The molecule has 0 fully saturated rings. The predicted molar refractivity (Wildman–Crippen MR) is 96.9 cm³/mol. The van der Waals surface area contributed by atoms with Crippen LogP contribution in [0, 0.1) is 0 Å². The van der Waals surface area contributed by atoms with Gasteiger partial charge in [0.05, 0.1) is 22.8 Å². The van der Waals surface area contributed by atoms with Gasteiger partial charge in [0.25, 0.3) is 0 Å². The highest BCUT2D eigenvalue weighted by Gasteiger charge is 2.28. The number of fused-ring (bicyclic) bond motifs is 3. The molecule has 0 bridgehead atoms. The number of sulfone groups is 1. The SMILES string of the molecule is CS(=O)(=O)C1=C(c2cccnc2)c2[nH]c3ccc(Cl)cc3c2NC1. The van der Waals surface area contributed by atoms with Crippen molar-refractivity contribution < 1.29 is 8.42 Å². The molecule has 0 atom stereocenters. The average Bonchev–Trinajstić information content (AvgIpc) is 2.92. The van der Waals surface area contributed by atoms with Gasteiger partial charge < -0.3 is 10.3 Å². The Balaban J connectivity index is 2.09. The minimum atomic E-state index is -3.37. The Kier molecular flexibility index (Phi) is 3.40. The average molecular weight is 360 g/mol. The summed E-state index contributed by atoms with van der Waals surface area (Å²) in [7, 11) is -3.37. The predicted octanol–water partition coefficient (Wildman–Crippen LogP) is 3.45. The van der Waals surface area contributed by atoms with Crippen molar-refractivity contribution in [3.63, 3.8) is 0 Å². The summed E-state index contributed by atoms with van der Waals surface area (Å²) in [5.41, 5.74) is 3.92. The van der Waals surface area contributed by atoms with E-state index in [0.717, 1.165) is 27.8 Å². The number of benzene rings is 1. The van der Waals surface area contributed by atoms with E-state index in [4.69, 9.17) is 11.6 Å². The number of hydrogen-bond acceptors (Lipinski definition) is 4. The molecule has 3 aromatic rings. The molecule has 2 N–H and O–H groups in total. The van der Waals surface area contributed by atoms with Crippen LogP contribution in [-0.2, 0) is 9.84 Å². The first-order valence-corrected chi connectivity index (χ1v) is 9.61. The smallest absolute Gasteiger partial charge is 0.174 e. The van der Waals surface area contributed by atoms with E-state index in [1.54, 1.807) is 24.5 Å². The molecule has 4 rings (SSSR count). The lowest BCUT2D eigenvalue weighted by molar-refractivity contribution is 0.607. The lowest BCUT2D eigenvalue weighted by atomic mass is 10.00. The molecule has 0 saturated heterocycles. The molecule has 5 nitrogen and oxygen atoms in total. The maximum Gasteiger partial charge on any atom is 0.174 e. The molecule has 3 heterocycles. The van der Waals surface area contributed by atoms with Gasteiger partial charge in [0.15, 0.2) is 9.84 Å². The van der Waals surface area contributed by atoms with Crippen molar-refractivity contribution in [1.29, 1.82) is 0 Å². The van der Waals surface area contributed by atoms with Crippen LogP contribution in [0.3, 0.4) is 0 Å². The Labute approximate surface area is 144 Å². The van der Waals surface area contributed by atoms with Gasteiger partial charge in [0.1, 0.15) is 0 Å². The van der Waals surface area contributed by atoms with E-state index in [2.05, 4.69) is 15.3 Å². The molecule has 24 heavy (non-hydrogen) atoms. The largest absolute Gasteiger partial charge is 0.378 e. The van der Waals surface area contributed by atoms with E-state index in [0.29, 0.717) is 15.5 Å². The van der Waals surface area contributed by atoms with Crippen molar-refractivity contribution in [3.8, 4) is 0 Å². The number of rotatable bonds is 2. The monoisotopic (exact) mass is 359 g/mol.